The Labute approximate surface area is 127 Å². The van der Waals surface area contributed by atoms with E-state index in [0.29, 0.717) is 0 Å². The molecule has 1 atom stereocenters. The van der Waals surface area contributed by atoms with E-state index in [1.165, 1.54) is 41.8 Å². The summed E-state index contributed by atoms with van der Waals surface area (Å²) < 4.78 is 0. The molecule has 2 heteroatoms. The van der Waals surface area contributed by atoms with E-state index in [1.54, 1.807) is 0 Å². The summed E-state index contributed by atoms with van der Waals surface area (Å²) in [4.78, 5) is 2.46. The van der Waals surface area contributed by atoms with Gasteiger partial charge in [-0.3, -0.25) is 0 Å². The van der Waals surface area contributed by atoms with Gasteiger partial charge in [-0.25, -0.2) is 0 Å². The lowest BCUT2D eigenvalue weighted by atomic mass is 10.1. The first-order valence-electron chi connectivity index (χ1n) is 7.94. The number of hydrogen-bond acceptors (Lipinski definition) is 2. The van der Waals surface area contributed by atoms with E-state index in [9.17, 15) is 0 Å². The van der Waals surface area contributed by atoms with Gasteiger partial charge in [0.15, 0.2) is 0 Å². The lowest BCUT2D eigenvalue weighted by Crippen LogP contribution is -2.19. The number of hydrogen-bond donors (Lipinski definition) is 1. The molecule has 1 heterocycles. The van der Waals surface area contributed by atoms with E-state index in [1.807, 2.05) is 0 Å². The Morgan fingerprint density at radius 1 is 1.05 bits per heavy atom. The SMILES string of the molecule is CC(N)Cc1ccc(N2CCCCc3ccccc32)cc1. The first-order chi connectivity index (χ1) is 10.2. The minimum absolute atomic E-state index is 0.217. The topological polar surface area (TPSA) is 29.3 Å². The van der Waals surface area contributed by atoms with Crippen molar-refractivity contribution < 1.29 is 0 Å². The molecule has 0 aromatic heterocycles. The third-order valence-electron chi connectivity index (χ3n) is 4.17. The minimum Gasteiger partial charge on any atom is -0.341 e. The van der Waals surface area contributed by atoms with Gasteiger partial charge >= 0.3 is 0 Å². The first-order valence-corrected chi connectivity index (χ1v) is 7.94. The largest absolute Gasteiger partial charge is 0.341 e. The van der Waals surface area contributed by atoms with Crippen molar-refractivity contribution in [1.82, 2.24) is 0 Å². The highest BCUT2D eigenvalue weighted by molar-refractivity contribution is 5.67. The van der Waals surface area contributed by atoms with E-state index in [-0.39, 0.29) is 6.04 Å². The zero-order chi connectivity index (χ0) is 14.7. The fourth-order valence-corrected chi connectivity index (χ4v) is 3.14. The van der Waals surface area contributed by atoms with Crippen molar-refractivity contribution >= 4 is 11.4 Å². The second kappa shape index (κ2) is 6.31. The quantitative estimate of drug-likeness (QED) is 0.919. The van der Waals surface area contributed by atoms with Crippen LogP contribution in [0.3, 0.4) is 0 Å². The maximum Gasteiger partial charge on any atom is 0.0443 e. The lowest BCUT2D eigenvalue weighted by Gasteiger charge is -2.25. The van der Waals surface area contributed by atoms with E-state index < -0.39 is 0 Å². The number of nitrogens with zero attached hydrogens (tertiary/aromatic N) is 1. The van der Waals surface area contributed by atoms with Crippen LogP contribution in [-0.4, -0.2) is 12.6 Å². The Bertz CT molecular complexity index is 587. The van der Waals surface area contributed by atoms with Crippen molar-refractivity contribution in [2.75, 3.05) is 11.4 Å². The molecule has 110 valence electrons. The van der Waals surface area contributed by atoms with Crippen LogP contribution in [0, 0.1) is 0 Å². The normalized spacial score (nSPS) is 16.2. The van der Waals surface area contributed by atoms with Crippen molar-refractivity contribution in [3.05, 3.63) is 59.7 Å². The van der Waals surface area contributed by atoms with Gasteiger partial charge < -0.3 is 10.6 Å². The van der Waals surface area contributed by atoms with Crippen LogP contribution in [-0.2, 0) is 12.8 Å². The molecular weight excluding hydrogens is 256 g/mol. The average molecular weight is 280 g/mol. The summed E-state index contributed by atoms with van der Waals surface area (Å²) in [6, 6.07) is 17.9. The third kappa shape index (κ3) is 3.27. The van der Waals surface area contributed by atoms with Gasteiger partial charge in [-0.2, -0.15) is 0 Å². The summed E-state index contributed by atoms with van der Waals surface area (Å²) in [6.45, 7) is 3.16. The molecule has 0 saturated heterocycles. The third-order valence-corrected chi connectivity index (χ3v) is 4.17. The number of nitrogens with two attached hydrogens (primary N) is 1. The molecule has 0 saturated carbocycles. The van der Waals surface area contributed by atoms with E-state index >= 15 is 0 Å². The zero-order valence-corrected chi connectivity index (χ0v) is 12.8. The summed E-state index contributed by atoms with van der Waals surface area (Å²) in [5, 5.41) is 0. The average Bonchev–Trinajstić information content (AvgIpc) is 2.70. The minimum atomic E-state index is 0.217. The molecule has 2 nitrogen and oxygen atoms in total. The maximum atomic E-state index is 5.88. The Morgan fingerprint density at radius 3 is 2.57 bits per heavy atom. The van der Waals surface area contributed by atoms with E-state index in [2.05, 4.69) is 60.4 Å². The highest BCUT2D eigenvalue weighted by Gasteiger charge is 2.16. The van der Waals surface area contributed by atoms with E-state index in [0.717, 1.165) is 13.0 Å². The summed E-state index contributed by atoms with van der Waals surface area (Å²) in [7, 11) is 0. The van der Waals surface area contributed by atoms with E-state index in [4.69, 9.17) is 5.73 Å². The smallest absolute Gasteiger partial charge is 0.0443 e. The predicted octanol–water partition coefficient (Wildman–Crippen LogP) is 4.05. The molecule has 0 aliphatic carbocycles. The standard InChI is InChI=1S/C19H24N2/c1-15(20)14-16-9-11-18(12-10-16)21-13-5-4-7-17-6-2-3-8-19(17)21/h2-3,6,8-12,15H,4-5,7,13-14,20H2,1H3. The predicted molar refractivity (Wildman–Crippen MR) is 90.2 cm³/mol. The number of aryl methyl sites for hydroxylation is 1. The van der Waals surface area contributed by atoms with Crippen LogP contribution in [0.5, 0.6) is 0 Å². The second-order valence-corrected chi connectivity index (χ2v) is 6.09. The Kier molecular flexibility index (Phi) is 4.26. The Hall–Kier alpha value is -1.80. The highest BCUT2D eigenvalue weighted by atomic mass is 15.1. The number of para-hydroxylation sites is 1. The molecule has 2 N–H and O–H groups in total. The first kappa shape index (κ1) is 14.2. The van der Waals surface area contributed by atoms with Crippen LogP contribution >= 0.6 is 0 Å². The second-order valence-electron chi connectivity index (χ2n) is 6.09. The van der Waals surface area contributed by atoms with Crippen LogP contribution in [0.1, 0.15) is 30.9 Å². The van der Waals surface area contributed by atoms with Crippen LogP contribution < -0.4 is 10.6 Å². The summed E-state index contributed by atoms with van der Waals surface area (Å²) in [6.07, 6.45) is 4.65. The molecule has 0 amide bonds. The number of benzene rings is 2. The molecule has 0 bridgehead atoms. The van der Waals surface area contributed by atoms with Gasteiger partial charge in [0.05, 0.1) is 0 Å². The van der Waals surface area contributed by atoms with Crippen molar-refractivity contribution in [2.24, 2.45) is 5.73 Å². The monoisotopic (exact) mass is 280 g/mol. The highest BCUT2D eigenvalue weighted by Crippen LogP contribution is 2.32. The Balaban J connectivity index is 1.89. The van der Waals surface area contributed by atoms with Gasteiger partial charge in [0.25, 0.3) is 0 Å². The van der Waals surface area contributed by atoms with Crippen LogP contribution in [0.4, 0.5) is 11.4 Å². The van der Waals surface area contributed by atoms with Crippen molar-refractivity contribution in [1.29, 1.82) is 0 Å². The molecule has 1 aliphatic heterocycles. The van der Waals surface area contributed by atoms with Gasteiger partial charge in [0.1, 0.15) is 0 Å². The van der Waals surface area contributed by atoms with Crippen LogP contribution in [0.25, 0.3) is 0 Å². The molecule has 1 unspecified atom stereocenters. The molecular formula is C19H24N2. The molecule has 2 aromatic carbocycles. The molecule has 3 rings (SSSR count). The molecule has 0 fully saturated rings. The Morgan fingerprint density at radius 2 is 1.81 bits per heavy atom. The van der Waals surface area contributed by atoms with Crippen LogP contribution in [0.15, 0.2) is 48.5 Å². The van der Waals surface area contributed by atoms with Gasteiger partial charge in [0, 0.05) is 24.0 Å². The van der Waals surface area contributed by atoms with Crippen LogP contribution in [0.2, 0.25) is 0 Å². The fraction of sp³-hybridized carbons (Fsp3) is 0.368. The van der Waals surface area contributed by atoms with Crippen molar-refractivity contribution in [2.45, 2.75) is 38.6 Å². The van der Waals surface area contributed by atoms with Gasteiger partial charge in [-0.05, 0) is 61.9 Å². The maximum absolute atomic E-state index is 5.88. The number of rotatable bonds is 3. The molecule has 2 aromatic rings. The molecule has 21 heavy (non-hydrogen) atoms. The van der Waals surface area contributed by atoms with Gasteiger partial charge in [-0.15, -0.1) is 0 Å². The number of fused-ring (bicyclic) bond motifs is 1. The summed E-state index contributed by atoms with van der Waals surface area (Å²) in [5.41, 5.74) is 11.3. The summed E-state index contributed by atoms with van der Waals surface area (Å²) >= 11 is 0. The molecule has 1 aliphatic rings. The van der Waals surface area contributed by atoms with Crippen molar-refractivity contribution in [3.63, 3.8) is 0 Å². The van der Waals surface area contributed by atoms with Gasteiger partial charge in [0.2, 0.25) is 0 Å². The lowest BCUT2D eigenvalue weighted by molar-refractivity contribution is 0.737. The number of anilines is 2. The molecule has 0 radical (unpaired) electrons. The van der Waals surface area contributed by atoms with Gasteiger partial charge in [-0.1, -0.05) is 30.3 Å². The zero-order valence-electron chi connectivity index (χ0n) is 12.8. The fourth-order valence-electron chi connectivity index (χ4n) is 3.14. The van der Waals surface area contributed by atoms with Crippen molar-refractivity contribution in [3.8, 4) is 0 Å². The molecule has 0 spiro atoms. The summed E-state index contributed by atoms with van der Waals surface area (Å²) in [5.74, 6) is 0.